The molecule has 0 spiro atoms. The van der Waals surface area contributed by atoms with Crippen molar-refractivity contribution in [2.75, 3.05) is 31.3 Å². The molecule has 1 heterocycles. The maximum atomic E-state index is 12.9. The third-order valence-electron chi connectivity index (χ3n) is 6.80. The Morgan fingerprint density at radius 1 is 1.13 bits per heavy atom. The fourth-order valence-corrected chi connectivity index (χ4v) is 6.04. The Bertz CT molecular complexity index is 1280. The van der Waals surface area contributed by atoms with Gasteiger partial charge < -0.3 is 22.5 Å². The number of esters is 1. The number of imide groups is 1. The number of anilines is 1. The minimum atomic E-state index is -0.417. The summed E-state index contributed by atoms with van der Waals surface area (Å²) in [6, 6.07) is 13.6. The Hall–Kier alpha value is -3.37. The largest absolute Gasteiger partial charge is 1.00 e. The fourth-order valence-electron chi connectivity index (χ4n) is 4.92. The van der Waals surface area contributed by atoms with E-state index in [0.29, 0.717) is 17.9 Å². The molecule has 9 nitrogen and oxygen atoms in total. The van der Waals surface area contributed by atoms with Crippen molar-refractivity contribution < 1.29 is 41.3 Å². The molecule has 2 aromatic carbocycles. The van der Waals surface area contributed by atoms with Crippen molar-refractivity contribution >= 4 is 47.0 Å². The molecule has 3 amide bonds. The number of nitrogens with two attached hydrogens (primary N) is 1. The van der Waals surface area contributed by atoms with Crippen molar-refractivity contribution in [1.29, 1.82) is 0 Å². The molecule has 208 valence electrons. The quantitative estimate of drug-likeness (QED) is 0.0971. The first-order valence-corrected chi connectivity index (χ1v) is 13.7. The zero-order chi connectivity index (χ0) is 27.2. The number of rotatable bonds is 11. The summed E-state index contributed by atoms with van der Waals surface area (Å²) in [6.07, 6.45) is 1.66. The number of carbonyl (C=O) groups is 4. The Morgan fingerprint density at radius 3 is 2.62 bits per heavy atom. The summed E-state index contributed by atoms with van der Waals surface area (Å²) in [6.45, 7) is 1.58. The Kier molecular flexibility index (Phi) is 10.5. The minimum Gasteiger partial charge on any atom is -1.00 e. The third-order valence-corrected chi connectivity index (χ3v) is 8.10. The van der Waals surface area contributed by atoms with E-state index >= 15 is 0 Å². The van der Waals surface area contributed by atoms with E-state index in [4.69, 9.17) is 10.5 Å². The molecule has 2 unspecified atom stereocenters. The molecule has 39 heavy (non-hydrogen) atoms. The number of hydrogen-bond donors (Lipinski definition) is 3. The predicted octanol–water partition coefficient (Wildman–Crippen LogP) is -1.60. The van der Waals surface area contributed by atoms with Crippen LogP contribution in [0.1, 0.15) is 49.7 Å². The number of nitrogens with zero attached hydrogens (tertiary/aromatic N) is 1. The van der Waals surface area contributed by atoms with Crippen molar-refractivity contribution in [2.24, 2.45) is 5.73 Å². The van der Waals surface area contributed by atoms with Gasteiger partial charge in [-0.2, -0.15) is 0 Å². The number of hydrogen-bond acceptors (Lipinski definition) is 6. The van der Waals surface area contributed by atoms with Crippen LogP contribution in [0, 0.1) is 0 Å². The lowest BCUT2D eigenvalue weighted by Crippen LogP contribution is -3.00. The van der Waals surface area contributed by atoms with Gasteiger partial charge in [-0.05, 0) is 40.5 Å². The molecular weight excluding hydrogens is 540 g/mol. The van der Waals surface area contributed by atoms with Gasteiger partial charge in [-0.3, -0.25) is 34.8 Å². The van der Waals surface area contributed by atoms with E-state index in [-0.39, 0.29) is 68.0 Å². The fraction of sp³-hybridized carbons (Fsp3) is 0.393. The lowest BCUT2D eigenvalue weighted by Gasteiger charge is -2.18. The molecule has 4 rings (SSSR count). The molecule has 0 radical (unpaired) electrons. The molecule has 1 saturated heterocycles. The van der Waals surface area contributed by atoms with E-state index < -0.39 is 5.25 Å². The number of benzene rings is 2. The summed E-state index contributed by atoms with van der Waals surface area (Å²) in [7, 11) is 1.76. The van der Waals surface area contributed by atoms with Crippen molar-refractivity contribution in [1.82, 2.24) is 4.90 Å². The lowest BCUT2D eigenvalue weighted by molar-refractivity contribution is -0.422. The van der Waals surface area contributed by atoms with Crippen LogP contribution in [0.25, 0.3) is 11.1 Å². The Balaban J connectivity index is 0.00000420. The van der Waals surface area contributed by atoms with E-state index in [1.165, 1.54) is 23.6 Å². The van der Waals surface area contributed by atoms with Gasteiger partial charge in [0.15, 0.2) is 0 Å². The van der Waals surface area contributed by atoms with Crippen LogP contribution < -0.4 is 28.4 Å². The number of amides is 3. The topological polar surface area (TPSA) is 133 Å². The van der Waals surface area contributed by atoms with Gasteiger partial charge in [-0.15, -0.1) is 11.8 Å². The van der Waals surface area contributed by atoms with Crippen LogP contribution in [0.15, 0.2) is 42.5 Å². The van der Waals surface area contributed by atoms with Crippen molar-refractivity contribution in [3.8, 4) is 11.1 Å². The summed E-state index contributed by atoms with van der Waals surface area (Å²) >= 11 is 1.46. The number of likely N-dealkylation sites (tertiary alicyclic amines) is 1. The Morgan fingerprint density at radius 2 is 1.87 bits per heavy atom. The number of fused-ring (bicyclic) bond motifs is 3. The highest BCUT2D eigenvalue weighted by Crippen LogP contribution is 2.48. The summed E-state index contributed by atoms with van der Waals surface area (Å²) in [4.78, 5) is 53.8. The molecule has 0 bridgehead atoms. The number of halogens is 1. The van der Waals surface area contributed by atoms with E-state index in [1.54, 1.807) is 7.05 Å². The number of thioether (sulfide) groups is 1. The van der Waals surface area contributed by atoms with E-state index in [1.807, 2.05) is 42.5 Å². The monoisotopic (exact) mass is 572 g/mol. The highest BCUT2D eigenvalue weighted by Gasteiger charge is 2.38. The summed E-state index contributed by atoms with van der Waals surface area (Å²) in [5.74, 6) is 0.0515. The van der Waals surface area contributed by atoms with Crippen LogP contribution >= 0.6 is 11.8 Å². The van der Waals surface area contributed by atoms with Crippen molar-refractivity contribution in [2.45, 2.75) is 43.8 Å². The van der Waals surface area contributed by atoms with Crippen LogP contribution in [0.4, 0.5) is 5.69 Å². The van der Waals surface area contributed by atoms with Gasteiger partial charge in [0, 0.05) is 44.3 Å². The van der Waals surface area contributed by atoms with Gasteiger partial charge in [-0.25, -0.2) is 0 Å². The van der Waals surface area contributed by atoms with Crippen LogP contribution in [-0.4, -0.2) is 65.6 Å². The molecule has 0 saturated carbocycles. The minimum absolute atomic E-state index is 0. The predicted molar refractivity (Wildman–Crippen MR) is 146 cm³/mol. The van der Waals surface area contributed by atoms with Crippen LogP contribution in [0.5, 0.6) is 0 Å². The van der Waals surface area contributed by atoms with Gasteiger partial charge >= 0.3 is 5.97 Å². The summed E-state index contributed by atoms with van der Waals surface area (Å²) in [5.41, 5.74) is 10.3. The molecule has 1 aliphatic heterocycles. The van der Waals surface area contributed by atoms with Crippen LogP contribution in [0.2, 0.25) is 0 Å². The van der Waals surface area contributed by atoms with E-state index in [9.17, 15) is 19.2 Å². The first kappa shape index (κ1) is 30.2. The number of ether oxygens (including phenoxy) is 1. The molecule has 1 fully saturated rings. The number of amidine groups is 1. The molecular formula is C28H33ClN4O5S. The maximum absolute atomic E-state index is 12.9. The second-order valence-corrected chi connectivity index (χ2v) is 10.6. The molecule has 2 atom stereocenters. The molecule has 1 aliphatic carbocycles. The van der Waals surface area contributed by atoms with Gasteiger partial charge in [0.1, 0.15) is 6.61 Å². The number of nitrogens with one attached hydrogen (secondary N) is 2. The van der Waals surface area contributed by atoms with Crippen LogP contribution in [0.3, 0.4) is 0 Å². The summed E-state index contributed by atoms with van der Waals surface area (Å²) < 4.78 is 5.35. The smallest absolute Gasteiger partial charge is 0.302 e. The number of carbonyl (C=O) groups excluding carboxylic acids is 4. The molecule has 11 heteroatoms. The summed E-state index contributed by atoms with van der Waals surface area (Å²) in [5, 5.41) is 2.55. The normalized spacial score (nSPS) is 17.9. The van der Waals surface area contributed by atoms with E-state index in [2.05, 4.69) is 10.3 Å². The average molecular weight is 573 g/mol. The van der Waals surface area contributed by atoms with Crippen LogP contribution in [-0.2, 0) is 23.9 Å². The van der Waals surface area contributed by atoms with Crippen molar-refractivity contribution in [3.63, 3.8) is 0 Å². The average Bonchev–Trinajstić information content (AvgIpc) is 3.37. The first-order chi connectivity index (χ1) is 18.3. The second-order valence-electron chi connectivity index (χ2n) is 9.33. The standard InChI is InChI=1S/C28H32N4O5S.ClH/c1-17(33)37-16-21-19-8-4-3-7-18(19)20-9-5-10-22(27(20)21)31-25(34)12-13-32-26(35)15-23(28(32)36)38-14-6-11-24(29)30-2;/h3-5,7-10,21,23H,6,11-16H2,1-2H3,(H2,29,30)(H,31,34);1H. The van der Waals surface area contributed by atoms with Gasteiger partial charge in [0.2, 0.25) is 23.6 Å². The first-order valence-electron chi connectivity index (χ1n) is 12.7. The van der Waals surface area contributed by atoms with Gasteiger partial charge in [0.25, 0.3) is 0 Å². The van der Waals surface area contributed by atoms with Crippen molar-refractivity contribution in [3.05, 3.63) is 53.6 Å². The van der Waals surface area contributed by atoms with E-state index in [0.717, 1.165) is 34.4 Å². The highest BCUT2D eigenvalue weighted by molar-refractivity contribution is 8.00. The SMILES string of the molecule is C[NH+]=C(N)CCCSC1CC(=O)N(CCC(=O)Nc2cccc3c2C(COC(C)=O)c2ccccc2-3)C1=O.[Cl-]. The highest BCUT2D eigenvalue weighted by atomic mass is 35.5. The third kappa shape index (κ3) is 6.99. The zero-order valence-electron chi connectivity index (χ0n) is 22.0. The Labute approximate surface area is 238 Å². The zero-order valence-corrected chi connectivity index (χ0v) is 23.6. The molecule has 0 aromatic heterocycles. The maximum Gasteiger partial charge on any atom is 0.302 e. The van der Waals surface area contributed by atoms with Gasteiger partial charge in [0.05, 0.1) is 12.3 Å². The molecule has 2 aromatic rings. The lowest BCUT2D eigenvalue weighted by atomic mass is 9.96. The molecule has 4 N–H and O–H groups in total. The second kappa shape index (κ2) is 13.6. The molecule has 2 aliphatic rings. The van der Waals surface area contributed by atoms with Gasteiger partial charge in [-0.1, -0.05) is 36.4 Å².